The fraction of sp³-hybridized carbons (Fsp3) is 0.125. The van der Waals surface area contributed by atoms with Gasteiger partial charge in [-0.25, -0.2) is 9.37 Å². The zero-order chi connectivity index (χ0) is 14.1. The van der Waals surface area contributed by atoms with Gasteiger partial charge in [-0.2, -0.15) is 0 Å². The van der Waals surface area contributed by atoms with Crippen LogP contribution in [-0.2, 0) is 0 Å². The van der Waals surface area contributed by atoms with E-state index in [2.05, 4.69) is 9.97 Å². The monoisotopic (exact) mass is 268 g/mol. The molecule has 1 atom stereocenters. The number of nitrogens with zero attached hydrogens (tertiary/aromatic N) is 2. The highest BCUT2D eigenvalue weighted by Gasteiger charge is 2.15. The van der Waals surface area contributed by atoms with E-state index in [4.69, 9.17) is 0 Å². The van der Waals surface area contributed by atoms with Crippen LogP contribution >= 0.6 is 0 Å². The van der Waals surface area contributed by atoms with E-state index in [9.17, 15) is 9.50 Å². The minimum atomic E-state index is -0.910. The molecule has 4 heteroatoms. The first kappa shape index (κ1) is 12.7. The van der Waals surface area contributed by atoms with Gasteiger partial charge in [0.15, 0.2) is 0 Å². The summed E-state index contributed by atoms with van der Waals surface area (Å²) in [4.78, 5) is 8.69. The summed E-state index contributed by atoms with van der Waals surface area (Å²) in [7, 11) is 0. The van der Waals surface area contributed by atoms with Gasteiger partial charge in [-0.15, -0.1) is 0 Å². The number of aliphatic hydroxyl groups is 1. The zero-order valence-corrected chi connectivity index (χ0v) is 10.9. The maximum absolute atomic E-state index is 13.1. The molecule has 1 aromatic heterocycles. The summed E-state index contributed by atoms with van der Waals surface area (Å²) < 4.78 is 13.1. The lowest BCUT2D eigenvalue weighted by atomic mass is 10.0. The molecule has 3 rings (SSSR count). The van der Waals surface area contributed by atoms with Crippen LogP contribution in [0.5, 0.6) is 0 Å². The lowest BCUT2D eigenvalue weighted by Crippen LogP contribution is -2.05. The molecule has 0 aliphatic carbocycles. The van der Waals surface area contributed by atoms with Crippen molar-refractivity contribution in [2.45, 2.75) is 13.0 Å². The van der Waals surface area contributed by atoms with Gasteiger partial charge in [0.05, 0.1) is 22.9 Å². The van der Waals surface area contributed by atoms with Gasteiger partial charge in [-0.3, -0.25) is 4.98 Å². The van der Waals surface area contributed by atoms with Crippen LogP contribution in [0.1, 0.15) is 22.9 Å². The topological polar surface area (TPSA) is 46.0 Å². The highest BCUT2D eigenvalue weighted by Crippen LogP contribution is 2.24. The first-order valence-electron chi connectivity index (χ1n) is 6.31. The van der Waals surface area contributed by atoms with E-state index >= 15 is 0 Å². The summed E-state index contributed by atoms with van der Waals surface area (Å²) in [6, 6.07) is 11.8. The lowest BCUT2D eigenvalue weighted by molar-refractivity contribution is 0.214. The normalized spacial score (nSPS) is 12.6. The first-order chi connectivity index (χ1) is 9.65. The molecule has 3 aromatic rings. The van der Waals surface area contributed by atoms with Crippen molar-refractivity contribution in [1.29, 1.82) is 0 Å². The average molecular weight is 268 g/mol. The summed E-state index contributed by atoms with van der Waals surface area (Å²) in [5, 5.41) is 10.4. The molecule has 1 unspecified atom stereocenters. The third kappa shape index (κ3) is 2.26. The van der Waals surface area contributed by atoms with Gasteiger partial charge in [0.25, 0.3) is 0 Å². The molecule has 0 spiro atoms. The lowest BCUT2D eigenvalue weighted by Gasteiger charge is -2.13. The van der Waals surface area contributed by atoms with Gasteiger partial charge in [0.2, 0.25) is 0 Å². The number of para-hydroxylation sites is 2. The zero-order valence-electron chi connectivity index (χ0n) is 10.9. The molecule has 0 radical (unpaired) electrons. The summed E-state index contributed by atoms with van der Waals surface area (Å²) in [5.41, 5.74) is 3.28. The Morgan fingerprint density at radius 1 is 1.10 bits per heavy atom. The summed E-state index contributed by atoms with van der Waals surface area (Å²) in [6.45, 7) is 1.76. The number of benzene rings is 2. The van der Waals surface area contributed by atoms with Gasteiger partial charge in [0, 0.05) is 0 Å². The van der Waals surface area contributed by atoms with Crippen LogP contribution in [0, 0.1) is 12.7 Å². The minimum Gasteiger partial charge on any atom is -0.382 e. The highest BCUT2D eigenvalue weighted by molar-refractivity contribution is 5.73. The Balaban J connectivity index is 2.05. The van der Waals surface area contributed by atoms with Crippen molar-refractivity contribution in [3.63, 3.8) is 0 Å². The van der Waals surface area contributed by atoms with Gasteiger partial charge < -0.3 is 5.11 Å². The predicted molar refractivity (Wildman–Crippen MR) is 74.7 cm³/mol. The number of fused-ring (bicyclic) bond motifs is 1. The van der Waals surface area contributed by atoms with E-state index in [0.29, 0.717) is 16.8 Å². The van der Waals surface area contributed by atoms with Crippen LogP contribution in [0.2, 0.25) is 0 Å². The average Bonchev–Trinajstić information content (AvgIpc) is 2.46. The van der Waals surface area contributed by atoms with Crippen molar-refractivity contribution in [3.05, 3.63) is 71.3 Å². The van der Waals surface area contributed by atoms with Crippen molar-refractivity contribution in [2.75, 3.05) is 0 Å². The fourth-order valence-electron chi connectivity index (χ4n) is 2.21. The molecule has 0 amide bonds. The molecule has 2 aromatic carbocycles. The van der Waals surface area contributed by atoms with Crippen LogP contribution in [0.25, 0.3) is 11.0 Å². The van der Waals surface area contributed by atoms with E-state index in [-0.39, 0.29) is 5.82 Å². The minimum absolute atomic E-state index is 0.317. The van der Waals surface area contributed by atoms with E-state index in [1.165, 1.54) is 12.1 Å². The second kappa shape index (κ2) is 4.98. The molecule has 0 fully saturated rings. The molecular weight excluding hydrogens is 255 g/mol. The third-order valence-electron chi connectivity index (χ3n) is 3.27. The summed E-state index contributed by atoms with van der Waals surface area (Å²) in [5.74, 6) is -0.317. The molecule has 1 heterocycles. The van der Waals surface area contributed by atoms with E-state index in [1.54, 1.807) is 19.2 Å². The maximum atomic E-state index is 13.1. The van der Waals surface area contributed by atoms with Gasteiger partial charge in [0.1, 0.15) is 11.9 Å². The Morgan fingerprint density at radius 3 is 2.60 bits per heavy atom. The number of aromatic nitrogens is 2. The predicted octanol–water partition coefficient (Wildman–Crippen LogP) is 3.16. The SMILES string of the molecule is Cc1cc(F)ccc1C(O)c1cnc2ccccc2n1. The summed E-state index contributed by atoms with van der Waals surface area (Å²) >= 11 is 0. The van der Waals surface area contributed by atoms with Crippen molar-refractivity contribution >= 4 is 11.0 Å². The highest BCUT2D eigenvalue weighted by atomic mass is 19.1. The molecular formula is C16H13FN2O. The van der Waals surface area contributed by atoms with Crippen molar-refractivity contribution in [1.82, 2.24) is 9.97 Å². The first-order valence-corrected chi connectivity index (χ1v) is 6.31. The molecule has 3 nitrogen and oxygen atoms in total. The number of hydrogen-bond donors (Lipinski definition) is 1. The maximum Gasteiger partial charge on any atom is 0.123 e. The van der Waals surface area contributed by atoms with Gasteiger partial charge >= 0.3 is 0 Å². The van der Waals surface area contributed by atoms with E-state index in [0.717, 1.165) is 11.0 Å². The largest absolute Gasteiger partial charge is 0.382 e. The second-order valence-corrected chi connectivity index (χ2v) is 4.69. The quantitative estimate of drug-likeness (QED) is 0.776. The Hall–Kier alpha value is -2.33. The molecule has 0 saturated heterocycles. The third-order valence-corrected chi connectivity index (χ3v) is 3.27. The van der Waals surface area contributed by atoms with E-state index < -0.39 is 6.10 Å². The van der Waals surface area contributed by atoms with Crippen LogP contribution < -0.4 is 0 Å². The number of hydrogen-bond acceptors (Lipinski definition) is 3. The number of aliphatic hydroxyl groups excluding tert-OH is 1. The van der Waals surface area contributed by atoms with Gasteiger partial charge in [-0.05, 0) is 42.3 Å². The fourth-order valence-corrected chi connectivity index (χ4v) is 2.21. The molecule has 0 saturated carbocycles. The molecule has 0 aliphatic heterocycles. The number of rotatable bonds is 2. The Labute approximate surface area is 115 Å². The van der Waals surface area contributed by atoms with Crippen LogP contribution in [0.15, 0.2) is 48.7 Å². The van der Waals surface area contributed by atoms with E-state index in [1.807, 2.05) is 24.3 Å². The molecule has 0 bridgehead atoms. The van der Waals surface area contributed by atoms with Crippen LogP contribution in [-0.4, -0.2) is 15.1 Å². The number of aryl methyl sites for hydroxylation is 1. The molecule has 1 N–H and O–H groups in total. The second-order valence-electron chi connectivity index (χ2n) is 4.69. The summed E-state index contributed by atoms with van der Waals surface area (Å²) in [6.07, 6.45) is 0.642. The molecule has 0 aliphatic rings. The Morgan fingerprint density at radius 2 is 1.85 bits per heavy atom. The Kier molecular flexibility index (Phi) is 3.16. The van der Waals surface area contributed by atoms with Crippen molar-refractivity contribution in [3.8, 4) is 0 Å². The smallest absolute Gasteiger partial charge is 0.123 e. The van der Waals surface area contributed by atoms with Crippen LogP contribution in [0.3, 0.4) is 0 Å². The van der Waals surface area contributed by atoms with Crippen molar-refractivity contribution < 1.29 is 9.50 Å². The molecule has 100 valence electrons. The molecule has 20 heavy (non-hydrogen) atoms. The number of halogens is 1. The van der Waals surface area contributed by atoms with Gasteiger partial charge in [-0.1, -0.05) is 18.2 Å². The Bertz CT molecular complexity index is 773. The standard InChI is InChI=1S/C16H13FN2O/c1-10-8-11(17)6-7-12(10)16(20)15-9-18-13-4-2-3-5-14(13)19-15/h2-9,16,20H,1H3. The van der Waals surface area contributed by atoms with Crippen molar-refractivity contribution in [2.24, 2.45) is 0 Å². The van der Waals surface area contributed by atoms with Crippen LogP contribution in [0.4, 0.5) is 4.39 Å².